The van der Waals surface area contributed by atoms with Crippen LogP contribution in [0.15, 0.2) is 0 Å². The molecule has 0 rings (SSSR count). The van der Waals surface area contributed by atoms with Crippen LogP contribution in [0.3, 0.4) is 0 Å². The van der Waals surface area contributed by atoms with Crippen LogP contribution in [0.1, 0.15) is 59.8 Å². The molecule has 1 atom stereocenters. The number of carbonyl (C=O) groups excluding carboxylic acids is 1. The van der Waals surface area contributed by atoms with Gasteiger partial charge in [0.1, 0.15) is 0 Å². The van der Waals surface area contributed by atoms with Crippen molar-refractivity contribution in [2.24, 2.45) is 5.92 Å². The lowest BCUT2D eigenvalue weighted by atomic mass is 9.89. The van der Waals surface area contributed by atoms with E-state index in [0.717, 1.165) is 39.5 Å². The molecule has 0 aliphatic heterocycles. The Kier molecular flexibility index (Phi) is 11.6. The molecule has 0 aromatic rings. The summed E-state index contributed by atoms with van der Waals surface area (Å²) in [6.45, 7) is 6.23. The summed E-state index contributed by atoms with van der Waals surface area (Å²) in [6, 6.07) is 0. The van der Waals surface area contributed by atoms with Crippen molar-refractivity contribution >= 4 is 5.97 Å². The Morgan fingerprint density at radius 1 is 0.735 bits per heavy atom. The maximum Gasteiger partial charge on any atom is 0.460 e. The minimum atomic E-state index is -7.54. The molecule has 0 radical (unpaired) electrons. The molecule has 1 unspecified atom stereocenters. The topological polar surface area (TPSA) is 29.5 Å². The zero-order chi connectivity index (χ0) is 27.2. The van der Waals surface area contributed by atoms with Crippen LogP contribution in [0.2, 0.25) is 0 Å². The summed E-state index contributed by atoms with van der Waals surface area (Å²) < 4.78 is 151. The standard InChI is InChI=1S/C20H30F11NO2/c1-5-7-10-32(11-8-6-2)12-9-14(33)34-15(13(3)4)16(21,22)17(23,24)18(25,26)19(27,28)20(29,30)31/h13,15H,5-12H2,1-4H3. The van der Waals surface area contributed by atoms with E-state index in [1.165, 1.54) is 0 Å². The van der Waals surface area contributed by atoms with Gasteiger partial charge in [-0.3, -0.25) is 4.79 Å². The van der Waals surface area contributed by atoms with Crippen molar-refractivity contribution in [1.82, 2.24) is 4.90 Å². The Labute approximate surface area is 191 Å². The number of esters is 1. The van der Waals surface area contributed by atoms with E-state index in [1.807, 2.05) is 13.8 Å². The molecule has 0 aliphatic rings. The van der Waals surface area contributed by atoms with Crippen LogP contribution in [0.5, 0.6) is 0 Å². The third-order valence-corrected chi connectivity index (χ3v) is 5.07. The third-order valence-electron chi connectivity index (χ3n) is 5.07. The molecule has 0 fully saturated rings. The van der Waals surface area contributed by atoms with Gasteiger partial charge in [-0.15, -0.1) is 0 Å². The summed E-state index contributed by atoms with van der Waals surface area (Å²) in [4.78, 5) is 13.8. The lowest BCUT2D eigenvalue weighted by molar-refractivity contribution is -0.429. The normalized spacial score (nSPS) is 15.2. The van der Waals surface area contributed by atoms with Crippen LogP contribution in [-0.4, -0.2) is 66.5 Å². The fourth-order valence-electron chi connectivity index (χ4n) is 2.94. The van der Waals surface area contributed by atoms with Gasteiger partial charge < -0.3 is 9.64 Å². The lowest BCUT2D eigenvalue weighted by Gasteiger charge is -2.40. The van der Waals surface area contributed by atoms with Gasteiger partial charge in [0.05, 0.1) is 6.42 Å². The third kappa shape index (κ3) is 7.09. The minimum Gasteiger partial charge on any atom is -0.455 e. The average molecular weight is 525 g/mol. The van der Waals surface area contributed by atoms with Gasteiger partial charge in [-0.2, -0.15) is 48.3 Å². The summed E-state index contributed by atoms with van der Waals surface area (Å²) in [5.41, 5.74) is 0. The predicted molar refractivity (Wildman–Crippen MR) is 101 cm³/mol. The van der Waals surface area contributed by atoms with Gasteiger partial charge in [0.2, 0.25) is 0 Å². The van der Waals surface area contributed by atoms with E-state index in [9.17, 15) is 53.1 Å². The second kappa shape index (κ2) is 12.1. The largest absolute Gasteiger partial charge is 0.460 e. The molecule has 204 valence electrons. The number of hydrogen-bond donors (Lipinski definition) is 0. The highest BCUT2D eigenvalue weighted by Gasteiger charge is 2.88. The maximum absolute atomic E-state index is 14.4. The average Bonchev–Trinajstić information content (AvgIpc) is 2.69. The van der Waals surface area contributed by atoms with E-state index in [-0.39, 0.29) is 6.54 Å². The minimum absolute atomic E-state index is 0.0477. The Balaban J connectivity index is 5.75. The smallest absolute Gasteiger partial charge is 0.455 e. The number of hydrogen-bond acceptors (Lipinski definition) is 3. The van der Waals surface area contributed by atoms with Crippen molar-refractivity contribution in [2.45, 2.75) is 95.8 Å². The SMILES string of the molecule is CCCCN(CCCC)CCC(=O)OC(C(C)C)C(F)(F)C(F)(F)C(F)(F)C(F)(F)C(F)(F)F. The number of ether oxygens (including phenoxy) is 1. The molecule has 0 saturated carbocycles. The van der Waals surface area contributed by atoms with Gasteiger partial charge in [0.25, 0.3) is 0 Å². The molecule has 0 saturated heterocycles. The molecule has 0 aromatic carbocycles. The molecule has 0 spiro atoms. The van der Waals surface area contributed by atoms with Gasteiger partial charge in [-0.05, 0) is 31.8 Å². The van der Waals surface area contributed by atoms with Crippen molar-refractivity contribution in [1.29, 1.82) is 0 Å². The first kappa shape index (κ1) is 32.7. The molecule has 0 amide bonds. The van der Waals surface area contributed by atoms with Gasteiger partial charge in [-0.1, -0.05) is 40.5 Å². The second-order valence-electron chi connectivity index (χ2n) is 8.30. The van der Waals surface area contributed by atoms with E-state index in [4.69, 9.17) is 0 Å². The number of rotatable bonds is 15. The number of alkyl halides is 11. The highest BCUT2D eigenvalue weighted by Crippen LogP contribution is 2.58. The van der Waals surface area contributed by atoms with E-state index in [0.29, 0.717) is 13.1 Å². The number of nitrogens with zero attached hydrogens (tertiary/aromatic N) is 1. The fraction of sp³-hybridized carbons (Fsp3) is 0.950. The first-order valence-corrected chi connectivity index (χ1v) is 10.7. The summed E-state index contributed by atoms with van der Waals surface area (Å²) in [6.07, 6.45) is -8.24. The van der Waals surface area contributed by atoms with Crippen LogP contribution in [0.25, 0.3) is 0 Å². The van der Waals surface area contributed by atoms with E-state index < -0.39 is 54.3 Å². The molecular weight excluding hydrogens is 495 g/mol. The number of halogens is 11. The van der Waals surface area contributed by atoms with Gasteiger partial charge in [-0.25, -0.2) is 0 Å². The van der Waals surface area contributed by atoms with Crippen LogP contribution in [0, 0.1) is 5.92 Å². The molecule has 0 bridgehead atoms. The van der Waals surface area contributed by atoms with Crippen molar-refractivity contribution in [3.05, 3.63) is 0 Å². The Hall–Kier alpha value is -1.34. The fourth-order valence-corrected chi connectivity index (χ4v) is 2.94. The van der Waals surface area contributed by atoms with E-state index in [1.54, 1.807) is 4.90 Å². The van der Waals surface area contributed by atoms with E-state index in [2.05, 4.69) is 4.74 Å². The second-order valence-corrected chi connectivity index (χ2v) is 8.30. The highest BCUT2D eigenvalue weighted by molar-refractivity contribution is 5.70. The van der Waals surface area contributed by atoms with Crippen molar-refractivity contribution < 1.29 is 57.8 Å². The van der Waals surface area contributed by atoms with Crippen molar-refractivity contribution in [3.63, 3.8) is 0 Å². The zero-order valence-corrected chi connectivity index (χ0v) is 19.2. The summed E-state index contributed by atoms with van der Waals surface area (Å²) >= 11 is 0. The summed E-state index contributed by atoms with van der Waals surface area (Å²) in [5.74, 6) is -31.9. The highest BCUT2D eigenvalue weighted by atomic mass is 19.4. The first-order chi connectivity index (χ1) is 15.2. The Bertz CT molecular complexity index is 628. The van der Waals surface area contributed by atoms with Crippen LogP contribution < -0.4 is 0 Å². The molecule has 0 aliphatic carbocycles. The number of unbranched alkanes of at least 4 members (excludes halogenated alkanes) is 2. The van der Waals surface area contributed by atoms with Gasteiger partial charge in [0.15, 0.2) is 6.10 Å². The van der Waals surface area contributed by atoms with Gasteiger partial charge >= 0.3 is 35.8 Å². The molecule has 0 N–H and O–H groups in total. The quantitative estimate of drug-likeness (QED) is 0.171. The lowest BCUT2D eigenvalue weighted by Crippen LogP contribution is -2.69. The van der Waals surface area contributed by atoms with Crippen molar-refractivity contribution in [3.8, 4) is 0 Å². The van der Waals surface area contributed by atoms with Crippen LogP contribution in [0.4, 0.5) is 48.3 Å². The maximum atomic E-state index is 14.4. The summed E-state index contributed by atoms with van der Waals surface area (Å²) in [5, 5.41) is 0. The van der Waals surface area contributed by atoms with Gasteiger partial charge in [0, 0.05) is 6.54 Å². The Morgan fingerprint density at radius 3 is 1.53 bits per heavy atom. The molecular formula is C20H30F11NO2. The molecule has 34 heavy (non-hydrogen) atoms. The predicted octanol–water partition coefficient (Wildman–Crippen LogP) is 6.95. The van der Waals surface area contributed by atoms with Crippen LogP contribution >= 0.6 is 0 Å². The zero-order valence-electron chi connectivity index (χ0n) is 19.2. The van der Waals surface area contributed by atoms with Crippen LogP contribution in [-0.2, 0) is 9.53 Å². The molecule has 0 heterocycles. The number of carbonyl (C=O) groups is 1. The Morgan fingerprint density at radius 2 is 1.18 bits per heavy atom. The van der Waals surface area contributed by atoms with E-state index >= 15 is 0 Å². The monoisotopic (exact) mass is 525 g/mol. The molecule has 3 nitrogen and oxygen atoms in total. The summed E-state index contributed by atoms with van der Waals surface area (Å²) in [7, 11) is 0. The molecule has 0 aromatic heterocycles. The first-order valence-electron chi connectivity index (χ1n) is 10.7. The van der Waals surface area contributed by atoms with Crippen molar-refractivity contribution in [2.75, 3.05) is 19.6 Å². The molecule has 14 heteroatoms.